The summed E-state index contributed by atoms with van der Waals surface area (Å²) in [6.45, 7) is 3.53. The first-order valence-electron chi connectivity index (χ1n) is 6.82. The molecular formula is C16H18O6. The van der Waals surface area contributed by atoms with Gasteiger partial charge in [0.25, 0.3) is 0 Å². The van der Waals surface area contributed by atoms with Gasteiger partial charge in [-0.3, -0.25) is 4.79 Å². The minimum absolute atomic E-state index is 0.0181. The summed E-state index contributed by atoms with van der Waals surface area (Å²) in [5, 5.41) is 0.609. The highest BCUT2D eigenvalue weighted by Gasteiger charge is 2.15. The van der Waals surface area contributed by atoms with E-state index in [-0.39, 0.29) is 12.5 Å². The smallest absolute Gasteiger partial charge is 0.336 e. The number of carbonyl (C=O) groups is 1. The van der Waals surface area contributed by atoms with Crippen molar-refractivity contribution >= 4 is 16.9 Å². The highest BCUT2D eigenvalue weighted by atomic mass is 16.5. The molecular weight excluding hydrogens is 288 g/mol. The van der Waals surface area contributed by atoms with E-state index in [1.165, 1.54) is 20.3 Å². The van der Waals surface area contributed by atoms with Gasteiger partial charge in [0, 0.05) is 17.5 Å². The Morgan fingerprint density at radius 3 is 2.36 bits per heavy atom. The molecule has 0 N–H and O–H groups in total. The molecule has 0 aliphatic carbocycles. The summed E-state index contributed by atoms with van der Waals surface area (Å²) in [6, 6.07) is 4.53. The lowest BCUT2D eigenvalue weighted by atomic mass is 10.1. The topological polar surface area (TPSA) is 75.0 Å². The fourth-order valence-electron chi connectivity index (χ4n) is 2.16. The Hall–Kier alpha value is -2.50. The summed E-state index contributed by atoms with van der Waals surface area (Å²) in [4.78, 5) is 23.5. The van der Waals surface area contributed by atoms with Gasteiger partial charge in [0.1, 0.15) is 5.58 Å². The Morgan fingerprint density at radius 1 is 1.14 bits per heavy atom. The second-order valence-electron chi connectivity index (χ2n) is 5.01. The van der Waals surface area contributed by atoms with Gasteiger partial charge in [0.05, 0.1) is 26.7 Å². The molecule has 0 radical (unpaired) electrons. The van der Waals surface area contributed by atoms with Gasteiger partial charge >= 0.3 is 11.6 Å². The number of hydrogen-bond donors (Lipinski definition) is 0. The highest BCUT2D eigenvalue weighted by molar-refractivity contribution is 5.87. The molecule has 1 aromatic carbocycles. The van der Waals surface area contributed by atoms with Crippen LogP contribution in [0, 0.1) is 0 Å². The Balaban J connectivity index is 2.53. The Labute approximate surface area is 127 Å². The molecule has 0 saturated carbocycles. The summed E-state index contributed by atoms with van der Waals surface area (Å²) in [5.74, 6) is 0.527. The number of hydrogen-bond acceptors (Lipinski definition) is 6. The summed E-state index contributed by atoms with van der Waals surface area (Å²) in [5.41, 5.74) is 0.322. The van der Waals surface area contributed by atoms with E-state index in [1.807, 2.05) is 0 Å². The summed E-state index contributed by atoms with van der Waals surface area (Å²) >= 11 is 0. The molecule has 0 atom stereocenters. The van der Waals surface area contributed by atoms with Gasteiger partial charge in [-0.1, -0.05) is 0 Å². The van der Waals surface area contributed by atoms with E-state index in [0.29, 0.717) is 28.0 Å². The minimum Gasteiger partial charge on any atom is -0.493 e. The van der Waals surface area contributed by atoms with Crippen LogP contribution in [0.4, 0.5) is 0 Å². The van der Waals surface area contributed by atoms with Crippen molar-refractivity contribution in [2.24, 2.45) is 0 Å². The van der Waals surface area contributed by atoms with Crippen LogP contribution in [0.25, 0.3) is 11.0 Å². The predicted molar refractivity (Wildman–Crippen MR) is 80.5 cm³/mol. The molecule has 6 heteroatoms. The van der Waals surface area contributed by atoms with Crippen LogP contribution in [0.2, 0.25) is 0 Å². The second-order valence-corrected chi connectivity index (χ2v) is 5.01. The van der Waals surface area contributed by atoms with Crippen molar-refractivity contribution in [3.05, 3.63) is 34.2 Å². The van der Waals surface area contributed by atoms with Crippen LogP contribution in [-0.2, 0) is 16.0 Å². The monoisotopic (exact) mass is 306 g/mol. The highest BCUT2D eigenvalue weighted by Crippen LogP contribution is 2.33. The van der Waals surface area contributed by atoms with E-state index in [9.17, 15) is 9.59 Å². The van der Waals surface area contributed by atoms with Crippen molar-refractivity contribution in [1.29, 1.82) is 0 Å². The first-order chi connectivity index (χ1) is 10.4. The molecule has 2 rings (SSSR count). The number of methoxy groups -OCH3 is 2. The third-order valence-corrected chi connectivity index (χ3v) is 3.04. The normalized spacial score (nSPS) is 10.8. The molecule has 2 aromatic rings. The maximum Gasteiger partial charge on any atom is 0.336 e. The van der Waals surface area contributed by atoms with E-state index >= 15 is 0 Å². The Kier molecular flexibility index (Phi) is 4.70. The quantitative estimate of drug-likeness (QED) is 0.623. The molecule has 0 amide bonds. The minimum atomic E-state index is -0.535. The zero-order valence-electron chi connectivity index (χ0n) is 13.0. The molecule has 0 spiro atoms. The van der Waals surface area contributed by atoms with Gasteiger partial charge < -0.3 is 18.6 Å². The number of ether oxygens (including phenoxy) is 3. The Morgan fingerprint density at radius 2 is 1.77 bits per heavy atom. The van der Waals surface area contributed by atoms with Crippen LogP contribution in [0.15, 0.2) is 27.4 Å². The van der Waals surface area contributed by atoms with Crippen LogP contribution in [0.5, 0.6) is 11.5 Å². The standard InChI is InChI=1S/C16H18O6/c1-9(2)21-15(17)5-10-6-16(18)22-12-8-14(20-4)13(19-3)7-11(10)12/h6-9H,5H2,1-4H3. The van der Waals surface area contributed by atoms with Crippen molar-refractivity contribution in [3.8, 4) is 11.5 Å². The van der Waals surface area contributed by atoms with Crippen LogP contribution in [0.3, 0.4) is 0 Å². The molecule has 0 saturated heterocycles. The molecule has 0 bridgehead atoms. The van der Waals surface area contributed by atoms with Crippen molar-refractivity contribution < 1.29 is 23.4 Å². The maximum atomic E-state index is 11.8. The third kappa shape index (κ3) is 3.39. The lowest BCUT2D eigenvalue weighted by Crippen LogP contribution is -2.15. The molecule has 1 aromatic heterocycles. The van der Waals surface area contributed by atoms with E-state index in [2.05, 4.69) is 0 Å². The van der Waals surface area contributed by atoms with Gasteiger partial charge in [-0.05, 0) is 25.5 Å². The second kappa shape index (κ2) is 6.51. The first kappa shape index (κ1) is 15.9. The SMILES string of the molecule is COc1cc2oc(=O)cc(CC(=O)OC(C)C)c2cc1OC. The number of esters is 1. The van der Waals surface area contributed by atoms with Crippen molar-refractivity contribution in [1.82, 2.24) is 0 Å². The van der Waals surface area contributed by atoms with Crippen molar-refractivity contribution in [2.45, 2.75) is 26.4 Å². The first-order valence-corrected chi connectivity index (χ1v) is 6.82. The zero-order chi connectivity index (χ0) is 16.3. The third-order valence-electron chi connectivity index (χ3n) is 3.04. The number of fused-ring (bicyclic) bond motifs is 1. The lowest BCUT2D eigenvalue weighted by Gasteiger charge is -2.11. The van der Waals surface area contributed by atoms with E-state index in [0.717, 1.165) is 0 Å². The van der Waals surface area contributed by atoms with Gasteiger partial charge in [-0.25, -0.2) is 4.79 Å². The van der Waals surface area contributed by atoms with Crippen molar-refractivity contribution in [3.63, 3.8) is 0 Å². The molecule has 22 heavy (non-hydrogen) atoms. The van der Waals surface area contributed by atoms with Gasteiger partial charge in [-0.2, -0.15) is 0 Å². The van der Waals surface area contributed by atoms with Crippen LogP contribution < -0.4 is 15.1 Å². The molecule has 0 fully saturated rings. The molecule has 6 nitrogen and oxygen atoms in total. The average molecular weight is 306 g/mol. The maximum absolute atomic E-state index is 11.8. The van der Waals surface area contributed by atoms with Gasteiger partial charge in [-0.15, -0.1) is 0 Å². The fraction of sp³-hybridized carbons (Fsp3) is 0.375. The molecule has 0 aliphatic heterocycles. The van der Waals surface area contributed by atoms with Crippen LogP contribution >= 0.6 is 0 Å². The predicted octanol–water partition coefficient (Wildman–Crippen LogP) is 2.30. The number of carbonyl (C=O) groups excluding carboxylic acids is 1. The summed E-state index contributed by atoms with van der Waals surface area (Å²) in [7, 11) is 3.00. The van der Waals surface area contributed by atoms with E-state index in [1.54, 1.807) is 26.0 Å². The molecule has 1 heterocycles. The lowest BCUT2D eigenvalue weighted by molar-refractivity contribution is -0.146. The molecule has 0 aliphatic rings. The van der Waals surface area contributed by atoms with Crippen LogP contribution in [0.1, 0.15) is 19.4 Å². The van der Waals surface area contributed by atoms with E-state index in [4.69, 9.17) is 18.6 Å². The summed E-state index contributed by atoms with van der Waals surface area (Å²) < 4.78 is 20.7. The number of benzene rings is 1. The van der Waals surface area contributed by atoms with Gasteiger partial charge in [0.15, 0.2) is 11.5 Å². The fourth-order valence-corrected chi connectivity index (χ4v) is 2.16. The van der Waals surface area contributed by atoms with Crippen molar-refractivity contribution in [2.75, 3.05) is 14.2 Å². The summed E-state index contributed by atoms with van der Waals surface area (Å²) in [6.07, 6.45) is -0.232. The largest absolute Gasteiger partial charge is 0.493 e. The number of rotatable bonds is 5. The van der Waals surface area contributed by atoms with E-state index < -0.39 is 11.6 Å². The Bertz CT molecular complexity index is 744. The van der Waals surface area contributed by atoms with Crippen LogP contribution in [-0.4, -0.2) is 26.3 Å². The molecule has 0 unspecified atom stereocenters. The molecule has 118 valence electrons. The van der Waals surface area contributed by atoms with Gasteiger partial charge in [0.2, 0.25) is 0 Å². The zero-order valence-corrected chi connectivity index (χ0v) is 13.0. The average Bonchev–Trinajstić information content (AvgIpc) is 2.44.